The molecule has 3 rings (SSSR count). The van der Waals surface area contributed by atoms with Gasteiger partial charge in [-0.1, -0.05) is 24.2 Å². The number of hydrogen-bond donors (Lipinski definition) is 1. The van der Waals surface area contributed by atoms with E-state index in [2.05, 4.69) is 22.4 Å². The summed E-state index contributed by atoms with van der Waals surface area (Å²) in [6, 6.07) is 0.340. The fraction of sp³-hybridized carbons (Fsp3) is 0.833. The highest BCUT2D eigenvalue weighted by Crippen LogP contribution is 2.61. The summed E-state index contributed by atoms with van der Waals surface area (Å²) < 4.78 is 0. The van der Waals surface area contributed by atoms with Crippen molar-refractivity contribution in [2.24, 2.45) is 11.8 Å². The molecule has 1 aromatic heterocycles. The molecule has 0 spiro atoms. The summed E-state index contributed by atoms with van der Waals surface area (Å²) in [5.41, 5.74) is 0. The molecule has 0 bridgehead atoms. The van der Waals surface area contributed by atoms with Crippen LogP contribution in [-0.2, 0) is 0 Å². The summed E-state index contributed by atoms with van der Waals surface area (Å²) >= 11 is 1.82. The first-order valence-corrected chi connectivity index (χ1v) is 7.13. The summed E-state index contributed by atoms with van der Waals surface area (Å²) in [5, 5.41) is 14.4. The van der Waals surface area contributed by atoms with E-state index in [1.165, 1.54) is 30.7 Å². The lowest BCUT2D eigenvalue weighted by molar-refractivity contribution is 0.480. The molecule has 1 aromatic rings. The molecule has 2 aliphatic rings. The minimum atomic E-state index is 0.340. The van der Waals surface area contributed by atoms with Gasteiger partial charge in [-0.3, -0.25) is 0 Å². The second kappa shape index (κ2) is 4.08. The standard InChI is InChI=1S/C12H19N3S/c1-7(13-2)11-14-15-12(16-11)10-8-5-3-4-6-9(8)10/h7-10,13H,3-6H2,1-2H3. The lowest BCUT2D eigenvalue weighted by atomic mass is 10.0. The van der Waals surface area contributed by atoms with Crippen molar-refractivity contribution in [2.45, 2.75) is 44.6 Å². The fourth-order valence-corrected chi connectivity index (χ4v) is 4.20. The Hall–Kier alpha value is -0.480. The maximum Gasteiger partial charge on any atom is 0.134 e. The largest absolute Gasteiger partial charge is 0.311 e. The molecule has 3 atom stereocenters. The van der Waals surface area contributed by atoms with Crippen LogP contribution in [0.1, 0.15) is 54.6 Å². The Balaban J connectivity index is 1.74. The van der Waals surface area contributed by atoms with Gasteiger partial charge in [0.1, 0.15) is 10.0 Å². The molecule has 1 heterocycles. The zero-order valence-electron chi connectivity index (χ0n) is 9.94. The van der Waals surface area contributed by atoms with E-state index in [9.17, 15) is 0 Å². The van der Waals surface area contributed by atoms with Crippen molar-refractivity contribution in [3.05, 3.63) is 10.0 Å². The quantitative estimate of drug-likeness (QED) is 0.878. The van der Waals surface area contributed by atoms with E-state index < -0.39 is 0 Å². The van der Waals surface area contributed by atoms with Crippen LogP contribution in [-0.4, -0.2) is 17.2 Å². The van der Waals surface area contributed by atoms with E-state index in [1.54, 1.807) is 0 Å². The molecule has 4 heteroatoms. The topological polar surface area (TPSA) is 37.8 Å². The van der Waals surface area contributed by atoms with Gasteiger partial charge >= 0.3 is 0 Å². The molecule has 0 aliphatic heterocycles. The average molecular weight is 237 g/mol. The molecule has 3 unspecified atom stereocenters. The predicted octanol–water partition coefficient (Wildman–Crippen LogP) is 2.72. The molecular weight excluding hydrogens is 218 g/mol. The maximum absolute atomic E-state index is 4.40. The zero-order valence-corrected chi connectivity index (χ0v) is 10.8. The first kappa shape index (κ1) is 10.7. The van der Waals surface area contributed by atoms with Crippen molar-refractivity contribution >= 4 is 11.3 Å². The Morgan fingerprint density at radius 1 is 1.25 bits per heavy atom. The lowest BCUT2D eigenvalue weighted by Crippen LogP contribution is -2.11. The summed E-state index contributed by atoms with van der Waals surface area (Å²) in [6.07, 6.45) is 5.70. The van der Waals surface area contributed by atoms with Gasteiger partial charge in [-0.15, -0.1) is 10.2 Å². The highest BCUT2D eigenvalue weighted by atomic mass is 32.1. The van der Waals surface area contributed by atoms with E-state index in [-0.39, 0.29) is 0 Å². The molecule has 2 saturated carbocycles. The van der Waals surface area contributed by atoms with Crippen LogP contribution < -0.4 is 5.32 Å². The third-order valence-corrected chi connectivity index (χ3v) is 5.41. The van der Waals surface area contributed by atoms with Gasteiger partial charge in [0.15, 0.2) is 0 Å². The van der Waals surface area contributed by atoms with Crippen LogP contribution >= 0.6 is 11.3 Å². The van der Waals surface area contributed by atoms with Crippen molar-refractivity contribution < 1.29 is 0 Å². The van der Waals surface area contributed by atoms with Crippen molar-refractivity contribution in [3.63, 3.8) is 0 Å². The molecule has 16 heavy (non-hydrogen) atoms. The third-order valence-electron chi connectivity index (χ3n) is 4.20. The van der Waals surface area contributed by atoms with Crippen LogP contribution in [0.5, 0.6) is 0 Å². The van der Waals surface area contributed by atoms with Crippen LogP contribution in [0.25, 0.3) is 0 Å². The van der Waals surface area contributed by atoms with Gasteiger partial charge in [0, 0.05) is 5.92 Å². The molecular formula is C12H19N3S. The van der Waals surface area contributed by atoms with Crippen LogP contribution in [0.2, 0.25) is 0 Å². The smallest absolute Gasteiger partial charge is 0.134 e. The summed E-state index contributed by atoms with van der Waals surface area (Å²) in [5.74, 6) is 2.65. The first-order chi connectivity index (χ1) is 7.81. The highest BCUT2D eigenvalue weighted by molar-refractivity contribution is 7.11. The molecule has 2 fully saturated rings. The van der Waals surface area contributed by atoms with E-state index in [1.807, 2.05) is 18.4 Å². The number of hydrogen-bond acceptors (Lipinski definition) is 4. The Morgan fingerprint density at radius 3 is 2.56 bits per heavy atom. The zero-order chi connectivity index (χ0) is 11.1. The Labute approximate surface area is 101 Å². The van der Waals surface area contributed by atoms with Crippen LogP contribution in [0.4, 0.5) is 0 Å². The van der Waals surface area contributed by atoms with Gasteiger partial charge in [-0.25, -0.2) is 0 Å². The molecule has 0 radical (unpaired) electrons. The van der Waals surface area contributed by atoms with Gasteiger partial charge in [-0.05, 0) is 38.6 Å². The van der Waals surface area contributed by atoms with Crippen molar-refractivity contribution in [2.75, 3.05) is 7.05 Å². The van der Waals surface area contributed by atoms with E-state index in [4.69, 9.17) is 0 Å². The number of nitrogens with one attached hydrogen (secondary N) is 1. The van der Waals surface area contributed by atoms with Crippen molar-refractivity contribution in [1.29, 1.82) is 0 Å². The predicted molar refractivity (Wildman–Crippen MR) is 65.6 cm³/mol. The second-order valence-corrected chi connectivity index (χ2v) is 6.17. The fourth-order valence-electron chi connectivity index (χ4n) is 3.04. The number of fused-ring (bicyclic) bond motifs is 1. The van der Waals surface area contributed by atoms with Crippen LogP contribution in [0.15, 0.2) is 0 Å². The summed E-state index contributed by atoms with van der Waals surface area (Å²) in [4.78, 5) is 0. The van der Waals surface area contributed by atoms with Crippen LogP contribution in [0, 0.1) is 11.8 Å². The monoisotopic (exact) mass is 237 g/mol. The summed E-state index contributed by atoms with van der Waals surface area (Å²) in [7, 11) is 1.97. The molecule has 1 N–H and O–H groups in total. The number of nitrogens with zero attached hydrogens (tertiary/aromatic N) is 2. The SMILES string of the molecule is CNC(C)c1nnc(C2C3CCCCC32)s1. The van der Waals surface area contributed by atoms with Gasteiger partial charge in [0.25, 0.3) is 0 Å². The van der Waals surface area contributed by atoms with Gasteiger partial charge in [-0.2, -0.15) is 0 Å². The molecule has 88 valence electrons. The van der Waals surface area contributed by atoms with E-state index >= 15 is 0 Å². The second-order valence-electron chi connectivity index (χ2n) is 5.13. The lowest BCUT2D eigenvalue weighted by Gasteiger charge is -2.04. The van der Waals surface area contributed by atoms with Gasteiger partial charge in [0.05, 0.1) is 6.04 Å². The van der Waals surface area contributed by atoms with Crippen molar-refractivity contribution in [1.82, 2.24) is 15.5 Å². The number of aromatic nitrogens is 2. The average Bonchev–Trinajstić information content (AvgIpc) is 2.86. The molecule has 3 nitrogen and oxygen atoms in total. The van der Waals surface area contributed by atoms with E-state index in [0.717, 1.165) is 22.8 Å². The molecule has 2 aliphatic carbocycles. The highest BCUT2D eigenvalue weighted by Gasteiger charge is 2.53. The number of rotatable bonds is 3. The third kappa shape index (κ3) is 1.68. The minimum Gasteiger partial charge on any atom is -0.311 e. The molecule has 0 saturated heterocycles. The Morgan fingerprint density at radius 2 is 1.94 bits per heavy atom. The molecule has 0 aromatic carbocycles. The molecule has 0 amide bonds. The first-order valence-electron chi connectivity index (χ1n) is 6.32. The summed E-state index contributed by atoms with van der Waals surface area (Å²) in [6.45, 7) is 2.14. The Kier molecular flexibility index (Phi) is 2.72. The van der Waals surface area contributed by atoms with Gasteiger partial charge < -0.3 is 5.32 Å². The maximum atomic E-state index is 4.40. The minimum absolute atomic E-state index is 0.340. The van der Waals surface area contributed by atoms with Crippen LogP contribution in [0.3, 0.4) is 0 Å². The Bertz CT molecular complexity index is 364. The van der Waals surface area contributed by atoms with Gasteiger partial charge in [0.2, 0.25) is 0 Å². The van der Waals surface area contributed by atoms with E-state index in [0.29, 0.717) is 6.04 Å². The van der Waals surface area contributed by atoms with Crippen molar-refractivity contribution in [3.8, 4) is 0 Å². The normalized spacial score (nSPS) is 34.5.